The topological polar surface area (TPSA) is 70.2 Å². The first-order valence-electron chi connectivity index (χ1n) is 6.63. The number of carbonyl (C=O) groups is 2. The molecule has 0 unspecified atom stereocenters. The summed E-state index contributed by atoms with van der Waals surface area (Å²) in [4.78, 5) is 23.7. The average molecular weight is 261 g/mol. The maximum atomic E-state index is 11.9. The maximum absolute atomic E-state index is 11.9. The van der Waals surface area contributed by atoms with Crippen molar-refractivity contribution in [2.24, 2.45) is 0 Å². The van der Waals surface area contributed by atoms with E-state index in [0.29, 0.717) is 17.8 Å². The molecule has 0 bridgehead atoms. The molecule has 1 saturated heterocycles. The summed E-state index contributed by atoms with van der Waals surface area (Å²) in [6.07, 6.45) is 1.89. The third kappa shape index (κ3) is 3.54. The number of hydrogen-bond acceptors (Lipinski definition) is 3. The SMILES string of the molecule is CCNC(=O)c1cccc(NC(=O)[C@H]2CCCN2)c1. The number of anilines is 1. The van der Waals surface area contributed by atoms with Gasteiger partial charge in [-0.3, -0.25) is 9.59 Å². The highest BCUT2D eigenvalue weighted by molar-refractivity contribution is 5.98. The Morgan fingerprint density at radius 2 is 2.26 bits per heavy atom. The highest BCUT2D eigenvalue weighted by atomic mass is 16.2. The molecule has 0 aliphatic carbocycles. The predicted molar refractivity (Wildman–Crippen MR) is 74.1 cm³/mol. The summed E-state index contributed by atoms with van der Waals surface area (Å²) in [6.45, 7) is 3.34. The van der Waals surface area contributed by atoms with Crippen LogP contribution in [0, 0.1) is 0 Å². The minimum atomic E-state index is -0.127. The Bertz CT molecular complexity index is 468. The second kappa shape index (κ2) is 6.33. The Balaban J connectivity index is 2.02. The van der Waals surface area contributed by atoms with Crippen LogP contribution >= 0.6 is 0 Å². The molecule has 0 aromatic heterocycles. The normalized spacial score (nSPS) is 18.1. The minimum absolute atomic E-state index is 0.0365. The molecule has 19 heavy (non-hydrogen) atoms. The molecular weight excluding hydrogens is 242 g/mol. The molecule has 1 aliphatic rings. The van der Waals surface area contributed by atoms with Gasteiger partial charge in [0.15, 0.2) is 0 Å². The van der Waals surface area contributed by atoms with E-state index in [1.165, 1.54) is 0 Å². The second-order valence-electron chi connectivity index (χ2n) is 4.58. The molecule has 3 N–H and O–H groups in total. The van der Waals surface area contributed by atoms with Crippen LogP contribution in [0.3, 0.4) is 0 Å². The fourth-order valence-electron chi connectivity index (χ4n) is 2.14. The van der Waals surface area contributed by atoms with Crippen molar-refractivity contribution in [3.63, 3.8) is 0 Å². The van der Waals surface area contributed by atoms with E-state index < -0.39 is 0 Å². The van der Waals surface area contributed by atoms with Gasteiger partial charge in [0.1, 0.15) is 0 Å². The summed E-state index contributed by atoms with van der Waals surface area (Å²) in [5.74, 6) is -0.164. The third-order valence-corrected chi connectivity index (χ3v) is 3.11. The van der Waals surface area contributed by atoms with Gasteiger partial charge in [0.05, 0.1) is 6.04 Å². The molecule has 0 radical (unpaired) electrons. The quantitative estimate of drug-likeness (QED) is 0.761. The van der Waals surface area contributed by atoms with Crippen LogP contribution < -0.4 is 16.0 Å². The van der Waals surface area contributed by atoms with Crippen molar-refractivity contribution in [3.05, 3.63) is 29.8 Å². The summed E-state index contributed by atoms with van der Waals surface area (Å²) in [5, 5.41) is 8.72. The van der Waals surface area contributed by atoms with Crippen LogP contribution in [0.15, 0.2) is 24.3 Å². The summed E-state index contributed by atoms with van der Waals surface area (Å²) >= 11 is 0. The lowest BCUT2D eigenvalue weighted by atomic mass is 10.1. The first kappa shape index (κ1) is 13.5. The van der Waals surface area contributed by atoms with Gasteiger partial charge in [0.2, 0.25) is 5.91 Å². The summed E-state index contributed by atoms with van der Waals surface area (Å²) < 4.78 is 0. The molecule has 1 aliphatic heterocycles. The number of rotatable bonds is 4. The van der Waals surface area contributed by atoms with Crippen LogP contribution in [-0.2, 0) is 4.79 Å². The third-order valence-electron chi connectivity index (χ3n) is 3.11. The number of benzene rings is 1. The lowest BCUT2D eigenvalue weighted by Gasteiger charge is -2.11. The highest BCUT2D eigenvalue weighted by Gasteiger charge is 2.21. The van der Waals surface area contributed by atoms with E-state index >= 15 is 0 Å². The minimum Gasteiger partial charge on any atom is -0.352 e. The van der Waals surface area contributed by atoms with Crippen LogP contribution in [0.1, 0.15) is 30.1 Å². The molecule has 2 amide bonds. The van der Waals surface area contributed by atoms with Crippen LogP contribution in [0.25, 0.3) is 0 Å². The Morgan fingerprint density at radius 3 is 2.95 bits per heavy atom. The number of nitrogens with one attached hydrogen (secondary N) is 3. The molecule has 1 heterocycles. The Hall–Kier alpha value is -1.88. The van der Waals surface area contributed by atoms with Gasteiger partial charge in [-0.25, -0.2) is 0 Å². The van der Waals surface area contributed by atoms with Gasteiger partial charge in [-0.05, 0) is 44.5 Å². The zero-order valence-corrected chi connectivity index (χ0v) is 11.0. The van der Waals surface area contributed by atoms with E-state index in [2.05, 4.69) is 16.0 Å². The zero-order chi connectivity index (χ0) is 13.7. The predicted octanol–water partition coefficient (Wildman–Crippen LogP) is 1.13. The molecule has 1 aromatic rings. The molecule has 5 nitrogen and oxygen atoms in total. The summed E-state index contributed by atoms with van der Waals surface area (Å²) in [7, 11) is 0. The lowest BCUT2D eigenvalue weighted by molar-refractivity contribution is -0.117. The fraction of sp³-hybridized carbons (Fsp3) is 0.429. The van der Waals surface area contributed by atoms with Crippen LogP contribution in [0.5, 0.6) is 0 Å². The van der Waals surface area contributed by atoms with Gasteiger partial charge >= 0.3 is 0 Å². The van der Waals surface area contributed by atoms with E-state index in [9.17, 15) is 9.59 Å². The Morgan fingerprint density at radius 1 is 1.42 bits per heavy atom. The monoisotopic (exact) mass is 261 g/mol. The molecule has 1 fully saturated rings. The van der Waals surface area contributed by atoms with Gasteiger partial charge in [-0.1, -0.05) is 6.07 Å². The van der Waals surface area contributed by atoms with E-state index in [4.69, 9.17) is 0 Å². The maximum Gasteiger partial charge on any atom is 0.251 e. The molecular formula is C14H19N3O2. The molecule has 102 valence electrons. The van der Waals surface area contributed by atoms with Crippen LogP contribution in [0.2, 0.25) is 0 Å². The van der Waals surface area contributed by atoms with E-state index in [-0.39, 0.29) is 17.9 Å². The standard InChI is InChI=1S/C14H19N3O2/c1-2-15-13(18)10-5-3-6-11(9-10)17-14(19)12-7-4-8-16-12/h3,5-6,9,12,16H,2,4,7-8H2,1H3,(H,15,18)(H,17,19)/t12-/m1/s1. The van der Waals surface area contributed by atoms with Crippen LogP contribution in [-0.4, -0.2) is 30.9 Å². The van der Waals surface area contributed by atoms with Crippen molar-refractivity contribution in [1.82, 2.24) is 10.6 Å². The Labute approximate surface area is 112 Å². The molecule has 0 saturated carbocycles. The van der Waals surface area contributed by atoms with Gasteiger partial charge in [-0.15, -0.1) is 0 Å². The first-order valence-corrected chi connectivity index (χ1v) is 6.63. The largest absolute Gasteiger partial charge is 0.352 e. The number of carbonyl (C=O) groups excluding carboxylic acids is 2. The molecule has 0 spiro atoms. The highest BCUT2D eigenvalue weighted by Crippen LogP contribution is 2.13. The van der Waals surface area contributed by atoms with E-state index in [1.807, 2.05) is 6.92 Å². The van der Waals surface area contributed by atoms with Crippen molar-refractivity contribution in [2.75, 3.05) is 18.4 Å². The Kier molecular flexibility index (Phi) is 4.52. The summed E-state index contributed by atoms with van der Waals surface area (Å²) in [6, 6.07) is 6.86. The second-order valence-corrected chi connectivity index (χ2v) is 4.58. The van der Waals surface area contributed by atoms with Crippen molar-refractivity contribution < 1.29 is 9.59 Å². The first-order chi connectivity index (χ1) is 9.20. The smallest absolute Gasteiger partial charge is 0.251 e. The van der Waals surface area contributed by atoms with Crippen molar-refractivity contribution in [3.8, 4) is 0 Å². The van der Waals surface area contributed by atoms with Gasteiger partial charge in [0, 0.05) is 17.8 Å². The number of hydrogen-bond donors (Lipinski definition) is 3. The summed E-state index contributed by atoms with van der Waals surface area (Å²) in [5.41, 5.74) is 1.21. The lowest BCUT2D eigenvalue weighted by Crippen LogP contribution is -2.35. The van der Waals surface area contributed by atoms with Gasteiger partial charge in [0.25, 0.3) is 5.91 Å². The van der Waals surface area contributed by atoms with Crippen molar-refractivity contribution >= 4 is 17.5 Å². The molecule has 2 rings (SSSR count). The number of amides is 2. The fourth-order valence-corrected chi connectivity index (χ4v) is 2.14. The molecule has 1 aromatic carbocycles. The zero-order valence-electron chi connectivity index (χ0n) is 11.0. The van der Waals surface area contributed by atoms with Gasteiger partial charge < -0.3 is 16.0 Å². The van der Waals surface area contributed by atoms with Crippen molar-refractivity contribution in [2.45, 2.75) is 25.8 Å². The van der Waals surface area contributed by atoms with Crippen LogP contribution in [0.4, 0.5) is 5.69 Å². The van der Waals surface area contributed by atoms with E-state index in [0.717, 1.165) is 19.4 Å². The molecule has 5 heteroatoms. The van der Waals surface area contributed by atoms with Crippen molar-refractivity contribution in [1.29, 1.82) is 0 Å². The molecule has 1 atom stereocenters. The average Bonchev–Trinajstić information content (AvgIpc) is 2.93. The van der Waals surface area contributed by atoms with Gasteiger partial charge in [-0.2, -0.15) is 0 Å². The van der Waals surface area contributed by atoms with E-state index in [1.54, 1.807) is 24.3 Å².